The van der Waals surface area contributed by atoms with Gasteiger partial charge in [0.1, 0.15) is 0 Å². The highest BCUT2D eigenvalue weighted by Gasteiger charge is 2.45. The summed E-state index contributed by atoms with van der Waals surface area (Å²) in [4.78, 5) is 0. The van der Waals surface area contributed by atoms with Crippen LogP contribution in [0.3, 0.4) is 0 Å². The van der Waals surface area contributed by atoms with Crippen molar-refractivity contribution in [3.05, 3.63) is 0 Å². The smallest absolute Gasteiger partial charge is 0.0621 e. The van der Waals surface area contributed by atoms with Crippen LogP contribution >= 0.6 is 0 Å². The van der Waals surface area contributed by atoms with Crippen LogP contribution < -0.4 is 0 Å². The predicted molar refractivity (Wildman–Crippen MR) is 56.0 cm³/mol. The molecule has 0 aromatic heterocycles. The summed E-state index contributed by atoms with van der Waals surface area (Å²) in [5, 5.41) is 20.3. The lowest BCUT2D eigenvalue weighted by Gasteiger charge is -2.44. The number of aliphatic hydroxyl groups excluding tert-OH is 2. The molecule has 2 fully saturated rings. The second kappa shape index (κ2) is 4.19. The van der Waals surface area contributed by atoms with Gasteiger partial charge in [0.15, 0.2) is 0 Å². The first-order valence-electron chi connectivity index (χ1n) is 6.12. The van der Waals surface area contributed by atoms with Crippen molar-refractivity contribution in [2.75, 3.05) is 0 Å². The summed E-state index contributed by atoms with van der Waals surface area (Å²) in [5.41, 5.74) is -0.130. The maximum atomic E-state index is 10.2. The van der Waals surface area contributed by atoms with E-state index in [0.717, 1.165) is 38.5 Å². The zero-order chi connectivity index (χ0) is 10.0. The SMILES string of the molecule is O[C@@H]1CCCCCC12CCCC[C@@H]2O. The zero-order valence-electron chi connectivity index (χ0n) is 8.91. The van der Waals surface area contributed by atoms with Crippen molar-refractivity contribution < 1.29 is 10.2 Å². The molecule has 2 heteroatoms. The Hall–Kier alpha value is -0.0800. The normalized spacial score (nSPS) is 45.0. The highest BCUT2D eigenvalue weighted by Crippen LogP contribution is 2.46. The van der Waals surface area contributed by atoms with Crippen molar-refractivity contribution in [3.8, 4) is 0 Å². The third kappa shape index (κ3) is 1.70. The highest BCUT2D eigenvalue weighted by atomic mass is 16.3. The van der Waals surface area contributed by atoms with Gasteiger partial charge in [-0.05, 0) is 25.7 Å². The van der Waals surface area contributed by atoms with Crippen LogP contribution in [0.4, 0.5) is 0 Å². The van der Waals surface area contributed by atoms with Crippen LogP contribution in [-0.2, 0) is 0 Å². The maximum absolute atomic E-state index is 10.2. The summed E-state index contributed by atoms with van der Waals surface area (Å²) in [6, 6.07) is 0. The maximum Gasteiger partial charge on any atom is 0.0621 e. The number of hydrogen-bond acceptors (Lipinski definition) is 2. The van der Waals surface area contributed by atoms with E-state index in [-0.39, 0.29) is 17.6 Å². The molecule has 0 bridgehead atoms. The molecule has 1 unspecified atom stereocenters. The summed E-state index contributed by atoms with van der Waals surface area (Å²) in [6.45, 7) is 0. The van der Waals surface area contributed by atoms with Crippen LogP contribution in [0.5, 0.6) is 0 Å². The van der Waals surface area contributed by atoms with Crippen molar-refractivity contribution in [3.63, 3.8) is 0 Å². The molecule has 2 saturated carbocycles. The molecule has 2 rings (SSSR count). The van der Waals surface area contributed by atoms with Gasteiger partial charge in [-0.1, -0.05) is 32.1 Å². The molecule has 2 N–H and O–H groups in total. The molecular formula is C12H22O2. The van der Waals surface area contributed by atoms with E-state index in [9.17, 15) is 10.2 Å². The fraction of sp³-hybridized carbons (Fsp3) is 1.00. The van der Waals surface area contributed by atoms with Gasteiger partial charge in [0.05, 0.1) is 12.2 Å². The lowest BCUT2D eigenvalue weighted by atomic mass is 9.65. The highest BCUT2D eigenvalue weighted by molar-refractivity contribution is 4.96. The number of aliphatic hydroxyl groups is 2. The van der Waals surface area contributed by atoms with E-state index in [2.05, 4.69) is 0 Å². The lowest BCUT2D eigenvalue weighted by Crippen LogP contribution is -2.46. The second-order valence-electron chi connectivity index (χ2n) is 5.11. The monoisotopic (exact) mass is 198 g/mol. The molecule has 82 valence electrons. The van der Waals surface area contributed by atoms with Crippen molar-refractivity contribution in [2.24, 2.45) is 5.41 Å². The zero-order valence-corrected chi connectivity index (χ0v) is 8.91. The van der Waals surface area contributed by atoms with Crippen LogP contribution in [0.25, 0.3) is 0 Å². The summed E-state index contributed by atoms with van der Waals surface area (Å²) in [7, 11) is 0. The summed E-state index contributed by atoms with van der Waals surface area (Å²) in [5.74, 6) is 0. The van der Waals surface area contributed by atoms with Crippen LogP contribution in [0.1, 0.15) is 57.8 Å². The third-order valence-electron chi connectivity index (χ3n) is 4.32. The Morgan fingerprint density at radius 2 is 1.21 bits per heavy atom. The van der Waals surface area contributed by atoms with Crippen LogP contribution in [-0.4, -0.2) is 22.4 Å². The Kier molecular flexibility index (Phi) is 3.13. The molecule has 14 heavy (non-hydrogen) atoms. The second-order valence-corrected chi connectivity index (χ2v) is 5.11. The van der Waals surface area contributed by atoms with Crippen molar-refractivity contribution >= 4 is 0 Å². The number of hydrogen-bond donors (Lipinski definition) is 2. The molecule has 0 amide bonds. The Morgan fingerprint density at radius 3 is 1.86 bits per heavy atom. The Balaban J connectivity index is 2.15. The Morgan fingerprint density at radius 1 is 0.714 bits per heavy atom. The molecule has 2 nitrogen and oxygen atoms in total. The minimum Gasteiger partial charge on any atom is -0.392 e. The Labute approximate surface area is 86.3 Å². The van der Waals surface area contributed by atoms with Gasteiger partial charge < -0.3 is 10.2 Å². The topological polar surface area (TPSA) is 40.5 Å². The minimum atomic E-state index is -0.250. The van der Waals surface area contributed by atoms with E-state index in [4.69, 9.17) is 0 Å². The largest absolute Gasteiger partial charge is 0.392 e. The standard InChI is InChI=1S/C12H22O2/c13-10-6-2-1-4-8-12(10)9-5-3-7-11(12)14/h10-11,13-14H,1-9H2/t10-,11+,12?/m1/s1. The summed E-state index contributed by atoms with van der Waals surface area (Å²) < 4.78 is 0. The molecule has 0 aliphatic heterocycles. The van der Waals surface area contributed by atoms with E-state index in [1.54, 1.807) is 0 Å². The number of rotatable bonds is 0. The van der Waals surface area contributed by atoms with E-state index in [0.29, 0.717) is 0 Å². The van der Waals surface area contributed by atoms with Gasteiger partial charge in [0.2, 0.25) is 0 Å². The average Bonchev–Trinajstić information content (AvgIpc) is 2.36. The van der Waals surface area contributed by atoms with E-state index < -0.39 is 0 Å². The van der Waals surface area contributed by atoms with Gasteiger partial charge in [-0.3, -0.25) is 0 Å². The lowest BCUT2D eigenvalue weighted by molar-refractivity contribution is -0.0981. The molecule has 2 aliphatic carbocycles. The fourth-order valence-electron chi connectivity index (χ4n) is 3.35. The summed E-state index contributed by atoms with van der Waals surface area (Å²) in [6.07, 6.45) is 9.25. The van der Waals surface area contributed by atoms with E-state index in [1.165, 1.54) is 19.3 Å². The van der Waals surface area contributed by atoms with Crippen LogP contribution in [0.15, 0.2) is 0 Å². The molecule has 3 atom stereocenters. The van der Waals surface area contributed by atoms with Gasteiger partial charge in [0, 0.05) is 5.41 Å². The van der Waals surface area contributed by atoms with Gasteiger partial charge in [-0.25, -0.2) is 0 Å². The molecule has 0 aromatic rings. The van der Waals surface area contributed by atoms with Gasteiger partial charge in [-0.2, -0.15) is 0 Å². The van der Waals surface area contributed by atoms with Crippen LogP contribution in [0.2, 0.25) is 0 Å². The van der Waals surface area contributed by atoms with E-state index >= 15 is 0 Å². The molecule has 0 heterocycles. The van der Waals surface area contributed by atoms with Crippen molar-refractivity contribution in [1.29, 1.82) is 0 Å². The van der Waals surface area contributed by atoms with Crippen molar-refractivity contribution in [2.45, 2.75) is 70.0 Å². The average molecular weight is 198 g/mol. The van der Waals surface area contributed by atoms with Gasteiger partial charge in [-0.15, -0.1) is 0 Å². The molecule has 0 radical (unpaired) electrons. The molecular weight excluding hydrogens is 176 g/mol. The van der Waals surface area contributed by atoms with Gasteiger partial charge in [0.25, 0.3) is 0 Å². The molecule has 1 spiro atoms. The van der Waals surface area contributed by atoms with E-state index in [1.807, 2.05) is 0 Å². The van der Waals surface area contributed by atoms with Crippen molar-refractivity contribution in [1.82, 2.24) is 0 Å². The predicted octanol–water partition coefficient (Wildman–Crippen LogP) is 2.23. The van der Waals surface area contributed by atoms with Crippen LogP contribution in [0, 0.1) is 5.41 Å². The first kappa shape index (κ1) is 10.4. The third-order valence-corrected chi connectivity index (χ3v) is 4.32. The molecule has 0 aromatic carbocycles. The first-order valence-corrected chi connectivity index (χ1v) is 6.12. The molecule has 0 saturated heterocycles. The molecule has 2 aliphatic rings. The van der Waals surface area contributed by atoms with Gasteiger partial charge >= 0.3 is 0 Å². The quantitative estimate of drug-likeness (QED) is 0.626. The minimum absolute atomic E-state index is 0.130. The summed E-state index contributed by atoms with van der Waals surface area (Å²) >= 11 is 0. The first-order chi connectivity index (χ1) is 6.76. The fourth-order valence-corrected chi connectivity index (χ4v) is 3.35. The Bertz CT molecular complexity index is 193.